The largest absolute Gasteiger partial charge is 0.460 e. The van der Waals surface area contributed by atoms with Gasteiger partial charge in [0.05, 0.1) is 6.20 Å². The van der Waals surface area contributed by atoms with Gasteiger partial charge in [0, 0.05) is 74.0 Å². The van der Waals surface area contributed by atoms with Crippen LogP contribution in [0.4, 0.5) is 0 Å². The molecule has 3 aromatic heterocycles. The number of aryl methyl sites for hydroxylation is 2. The molecule has 0 aromatic carbocycles. The zero-order valence-electron chi connectivity index (χ0n) is 17.0. The topological polar surface area (TPSA) is 102 Å². The highest BCUT2D eigenvalue weighted by molar-refractivity contribution is 5.94. The Morgan fingerprint density at radius 3 is 2.60 bits per heavy atom. The van der Waals surface area contributed by atoms with E-state index in [-0.39, 0.29) is 12.0 Å². The zero-order valence-corrected chi connectivity index (χ0v) is 17.0. The molecule has 0 bridgehead atoms. The van der Waals surface area contributed by atoms with Crippen molar-refractivity contribution in [3.05, 3.63) is 41.7 Å². The van der Waals surface area contributed by atoms with Gasteiger partial charge in [-0.15, -0.1) is 0 Å². The molecule has 0 radical (unpaired) electrons. The molecule has 0 spiro atoms. The average Bonchev–Trinajstić information content (AvgIpc) is 3.41. The van der Waals surface area contributed by atoms with Crippen molar-refractivity contribution in [2.45, 2.75) is 44.6 Å². The Morgan fingerprint density at radius 2 is 1.87 bits per heavy atom. The van der Waals surface area contributed by atoms with Gasteiger partial charge in [-0.3, -0.25) is 14.6 Å². The Kier molecular flexibility index (Phi) is 4.94. The average molecular weight is 407 g/mol. The maximum atomic E-state index is 12.9. The van der Waals surface area contributed by atoms with Crippen molar-refractivity contribution in [1.82, 2.24) is 34.8 Å². The second kappa shape index (κ2) is 7.89. The lowest BCUT2D eigenvalue weighted by molar-refractivity contribution is 0.0572. The number of nitrogens with zero attached hydrogens (tertiary/aromatic N) is 6. The number of nitrogens with one attached hydrogen (secondary N) is 1. The van der Waals surface area contributed by atoms with Crippen LogP contribution in [0.15, 0.2) is 24.8 Å². The quantitative estimate of drug-likeness (QED) is 0.711. The molecule has 3 aromatic rings. The van der Waals surface area contributed by atoms with E-state index in [2.05, 4.69) is 25.3 Å². The van der Waals surface area contributed by atoms with Gasteiger partial charge in [-0.2, -0.15) is 10.2 Å². The fourth-order valence-electron chi connectivity index (χ4n) is 4.23. The molecule has 1 saturated heterocycles. The first kappa shape index (κ1) is 18.8. The fourth-order valence-corrected chi connectivity index (χ4v) is 4.23. The van der Waals surface area contributed by atoms with E-state index in [1.165, 1.54) is 0 Å². The maximum absolute atomic E-state index is 12.9. The van der Waals surface area contributed by atoms with E-state index in [1.807, 2.05) is 18.1 Å². The van der Waals surface area contributed by atoms with Crippen molar-refractivity contribution in [1.29, 1.82) is 0 Å². The lowest BCUT2D eigenvalue weighted by atomic mass is 9.95. The molecule has 30 heavy (non-hydrogen) atoms. The third-order valence-corrected chi connectivity index (χ3v) is 5.93. The van der Waals surface area contributed by atoms with Crippen LogP contribution >= 0.6 is 0 Å². The number of carbonyl (C=O) groups excluding carboxylic acids is 1. The predicted molar refractivity (Wildman–Crippen MR) is 109 cm³/mol. The molecule has 0 unspecified atom stereocenters. The van der Waals surface area contributed by atoms with Crippen LogP contribution in [0.2, 0.25) is 0 Å². The Balaban J connectivity index is 1.17. The van der Waals surface area contributed by atoms with Crippen molar-refractivity contribution in [3.8, 4) is 17.1 Å². The molecule has 4 heterocycles. The fraction of sp³-hybridized carbons (Fsp3) is 0.476. The second-order valence-corrected chi connectivity index (χ2v) is 8.00. The molecule has 5 rings (SSSR count). The first-order valence-electron chi connectivity index (χ1n) is 10.5. The summed E-state index contributed by atoms with van der Waals surface area (Å²) in [7, 11) is 1.87. The summed E-state index contributed by atoms with van der Waals surface area (Å²) in [6.45, 7) is 1.30. The summed E-state index contributed by atoms with van der Waals surface area (Å²) in [4.78, 5) is 23.5. The molecule has 1 aliphatic carbocycles. The van der Waals surface area contributed by atoms with Crippen molar-refractivity contribution in [2.24, 2.45) is 7.05 Å². The maximum Gasteiger partial charge on any atom is 0.316 e. The Labute approximate surface area is 174 Å². The van der Waals surface area contributed by atoms with Gasteiger partial charge in [-0.25, -0.2) is 9.97 Å². The molecule has 1 N–H and O–H groups in total. The number of carbonyl (C=O) groups is 1. The van der Waals surface area contributed by atoms with Crippen LogP contribution in [0.3, 0.4) is 0 Å². The zero-order chi connectivity index (χ0) is 20.5. The van der Waals surface area contributed by atoms with E-state index in [9.17, 15) is 4.79 Å². The van der Waals surface area contributed by atoms with Crippen LogP contribution in [-0.2, 0) is 19.9 Å². The highest BCUT2D eigenvalue weighted by Crippen LogP contribution is 2.25. The van der Waals surface area contributed by atoms with Crippen LogP contribution in [0, 0.1) is 0 Å². The molecular weight excluding hydrogens is 382 g/mol. The lowest BCUT2D eigenvalue weighted by Crippen LogP contribution is -2.42. The lowest BCUT2D eigenvalue weighted by Gasteiger charge is -2.31. The number of piperidine rings is 1. The number of likely N-dealkylation sites (tertiary alicyclic amines) is 1. The van der Waals surface area contributed by atoms with Crippen LogP contribution in [0.25, 0.3) is 11.1 Å². The van der Waals surface area contributed by atoms with Crippen molar-refractivity contribution in [3.63, 3.8) is 0 Å². The number of aromatic amines is 1. The molecule has 1 amide bonds. The van der Waals surface area contributed by atoms with Gasteiger partial charge >= 0.3 is 6.01 Å². The molecule has 156 valence electrons. The molecular formula is C21H25N7O2. The summed E-state index contributed by atoms with van der Waals surface area (Å²) in [6, 6.07) is 0.369. The third-order valence-electron chi connectivity index (χ3n) is 5.93. The van der Waals surface area contributed by atoms with Gasteiger partial charge in [-0.1, -0.05) is 0 Å². The van der Waals surface area contributed by atoms with Crippen molar-refractivity contribution >= 4 is 5.91 Å². The van der Waals surface area contributed by atoms with Crippen LogP contribution in [0.1, 0.15) is 47.4 Å². The predicted octanol–water partition coefficient (Wildman–Crippen LogP) is 2.16. The number of aromatic nitrogens is 6. The van der Waals surface area contributed by atoms with Crippen molar-refractivity contribution < 1.29 is 9.53 Å². The smallest absolute Gasteiger partial charge is 0.316 e. The number of ether oxygens (including phenoxy) is 1. The third kappa shape index (κ3) is 3.67. The molecule has 2 aliphatic rings. The summed E-state index contributed by atoms with van der Waals surface area (Å²) in [5, 5.41) is 11.5. The monoisotopic (exact) mass is 407 g/mol. The summed E-state index contributed by atoms with van der Waals surface area (Å²) < 4.78 is 7.70. The first-order chi connectivity index (χ1) is 14.7. The highest BCUT2D eigenvalue weighted by atomic mass is 16.5. The standard InChI is InChI=1S/C21H25N7O2/c1-27-13-15(12-24-27)14-10-22-21(23-11-14)30-16-6-8-28(9-7-16)20(29)19-17-4-2-3-5-18(17)25-26-19/h10-13,16H,2-9H2,1H3,(H,25,26). The van der Waals surface area contributed by atoms with E-state index < -0.39 is 0 Å². The van der Waals surface area contributed by atoms with E-state index >= 15 is 0 Å². The summed E-state index contributed by atoms with van der Waals surface area (Å²) in [6.07, 6.45) is 12.9. The molecule has 0 saturated carbocycles. The number of H-pyrrole nitrogens is 1. The number of amides is 1. The van der Waals surface area contributed by atoms with Gasteiger partial charge in [0.2, 0.25) is 0 Å². The summed E-state index contributed by atoms with van der Waals surface area (Å²) in [5.74, 6) is 0.0323. The molecule has 1 fully saturated rings. The first-order valence-corrected chi connectivity index (χ1v) is 10.5. The second-order valence-electron chi connectivity index (χ2n) is 8.00. The van der Waals surface area contributed by atoms with Gasteiger partial charge in [0.25, 0.3) is 5.91 Å². The van der Waals surface area contributed by atoms with Gasteiger partial charge in [-0.05, 0) is 25.7 Å². The minimum atomic E-state index is 0.00592. The van der Waals surface area contributed by atoms with Gasteiger partial charge < -0.3 is 9.64 Å². The van der Waals surface area contributed by atoms with E-state index in [4.69, 9.17) is 4.74 Å². The Hall–Kier alpha value is -3.23. The van der Waals surface area contributed by atoms with E-state index in [1.54, 1.807) is 23.3 Å². The number of hydrogen-bond acceptors (Lipinski definition) is 6. The van der Waals surface area contributed by atoms with Crippen molar-refractivity contribution in [2.75, 3.05) is 13.1 Å². The summed E-state index contributed by atoms with van der Waals surface area (Å²) >= 11 is 0. The number of hydrogen-bond donors (Lipinski definition) is 1. The number of fused-ring (bicyclic) bond motifs is 1. The van der Waals surface area contributed by atoms with E-state index in [0.29, 0.717) is 24.8 Å². The van der Waals surface area contributed by atoms with Gasteiger partial charge in [0.15, 0.2) is 5.69 Å². The minimum absolute atomic E-state index is 0.00592. The normalized spacial score (nSPS) is 17.0. The van der Waals surface area contributed by atoms with Crippen LogP contribution < -0.4 is 4.74 Å². The van der Waals surface area contributed by atoms with E-state index in [0.717, 1.165) is 60.9 Å². The Morgan fingerprint density at radius 1 is 1.10 bits per heavy atom. The molecule has 9 nitrogen and oxygen atoms in total. The molecule has 9 heteroatoms. The number of rotatable bonds is 4. The van der Waals surface area contributed by atoms with Crippen LogP contribution in [0.5, 0.6) is 6.01 Å². The Bertz CT molecular complexity index is 1030. The molecule has 1 aliphatic heterocycles. The summed E-state index contributed by atoms with van der Waals surface area (Å²) in [5.41, 5.74) is 4.73. The molecule has 0 atom stereocenters. The van der Waals surface area contributed by atoms with Gasteiger partial charge in [0.1, 0.15) is 6.10 Å². The van der Waals surface area contributed by atoms with Crippen LogP contribution in [-0.4, -0.2) is 59.9 Å². The SMILES string of the molecule is Cn1cc(-c2cnc(OC3CCN(C(=O)c4n[nH]c5c4CCCC5)CC3)nc2)cn1. The minimum Gasteiger partial charge on any atom is -0.460 e. The highest BCUT2D eigenvalue weighted by Gasteiger charge is 2.29.